The van der Waals surface area contributed by atoms with E-state index in [1.807, 2.05) is 0 Å². The van der Waals surface area contributed by atoms with Gasteiger partial charge in [0.1, 0.15) is 16.2 Å². The van der Waals surface area contributed by atoms with Crippen LogP contribution in [0.2, 0.25) is 0 Å². The minimum atomic E-state index is -0.535. The zero-order valence-corrected chi connectivity index (χ0v) is 18.3. The summed E-state index contributed by atoms with van der Waals surface area (Å²) < 4.78 is 12.7. The fourth-order valence-electron chi connectivity index (χ4n) is 3.05. The van der Waals surface area contributed by atoms with Crippen LogP contribution in [0.4, 0.5) is 5.69 Å². The van der Waals surface area contributed by atoms with Gasteiger partial charge in [-0.2, -0.15) is 0 Å². The summed E-state index contributed by atoms with van der Waals surface area (Å²) in [5.74, 6) is 0.972. The highest BCUT2D eigenvalue weighted by Gasteiger charge is 2.20. The number of ether oxygens (including phenoxy) is 1. The van der Waals surface area contributed by atoms with Crippen molar-refractivity contribution in [3.63, 3.8) is 0 Å². The first kappa shape index (κ1) is 21.4. The minimum Gasteiger partial charge on any atom is -0.497 e. The lowest BCUT2D eigenvalue weighted by molar-refractivity contribution is -0.113. The number of carbonyl (C=O) groups excluding carboxylic acids is 1. The van der Waals surface area contributed by atoms with E-state index in [0.29, 0.717) is 17.2 Å². The number of carbonyl (C=O) groups is 1. The zero-order valence-electron chi connectivity index (χ0n) is 17.5. The Morgan fingerprint density at radius 3 is 2.53 bits per heavy atom. The molecule has 0 saturated carbocycles. The fourth-order valence-corrected chi connectivity index (χ4v) is 3.87. The van der Waals surface area contributed by atoms with Crippen molar-refractivity contribution in [3.05, 3.63) is 63.5 Å². The van der Waals surface area contributed by atoms with Crippen LogP contribution in [0.5, 0.6) is 5.75 Å². The highest BCUT2D eigenvalue weighted by molar-refractivity contribution is 8.00. The van der Waals surface area contributed by atoms with Gasteiger partial charge in [-0.15, -0.1) is 0 Å². The Balaban J connectivity index is 1.69. The van der Waals surface area contributed by atoms with Crippen molar-refractivity contribution in [1.29, 1.82) is 0 Å². The second-order valence-electron chi connectivity index (χ2n) is 6.80. The number of fused-ring (bicyclic) bond motifs is 1. The number of furan rings is 1. The number of benzene rings is 1. The summed E-state index contributed by atoms with van der Waals surface area (Å²) in [5, 5.41) is 3.22. The number of thioether (sulfide) groups is 1. The third-order valence-electron chi connectivity index (χ3n) is 4.72. The molecule has 4 aromatic rings. The van der Waals surface area contributed by atoms with E-state index in [1.54, 1.807) is 43.5 Å². The molecule has 3 aromatic heterocycles. The molecule has 0 bridgehead atoms. The Bertz CT molecular complexity index is 1410. The number of hydrogen-bond acceptors (Lipinski definition) is 8. The normalized spacial score (nSPS) is 11.0. The summed E-state index contributed by atoms with van der Waals surface area (Å²) in [6.45, 7) is 0. The molecule has 0 aliphatic carbocycles. The second-order valence-corrected chi connectivity index (χ2v) is 7.76. The van der Waals surface area contributed by atoms with Crippen molar-refractivity contribution in [2.45, 2.75) is 5.03 Å². The molecule has 164 valence electrons. The SMILES string of the molecule is COc1ccc(NC(=O)CSc2nc(-c3ccco3)nc3c2c(=O)n(C)c(=O)n3C)cc1. The van der Waals surface area contributed by atoms with Gasteiger partial charge in [0.15, 0.2) is 17.2 Å². The van der Waals surface area contributed by atoms with E-state index < -0.39 is 11.2 Å². The quantitative estimate of drug-likeness (QED) is 0.348. The minimum absolute atomic E-state index is 0.0122. The van der Waals surface area contributed by atoms with Crippen molar-refractivity contribution < 1.29 is 13.9 Å². The van der Waals surface area contributed by atoms with Crippen LogP contribution < -0.4 is 21.3 Å². The molecule has 32 heavy (non-hydrogen) atoms. The van der Waals surface area contributed by atoms with E-state index in [-0.39, 0.29) is 33.5 Å². The summed E-state index contributed by atoms with van der Waals surface area (Å²) in [6.07, 6.45) is 1.47. The molecule has 0 fully saturated rings. The predicted molar refractivity (Wildman–Crippen MR) is 120 cm³/mol. The summed E-state index contributed by atoms with van der Waals surface area (Å²) >= 11 is 1.08. The molecule has 1 amide bonds. The number of rotatable bonds is 6. The first-order valence-corrected chi connectivity index (χ1v) is 10.5. The molecule has 0 aliphatic rings. The Hall–Kier alpha value is -3.86. The molecule has 10 nitrogen and oxygen atoms in total. The van der Waals surface area contributed by atoms with Gasteiger partial charge in [0.2, 0.25) is 5.91 Å². The van der Waals surface area contributed by atoms with Crippen molar-refractivity contribution >= 4 is 34.4 Å². The van der Waals surface area contributed by atoms with Gasteiger partial charge < -0.3 is 14.5 Å². The molecular weight excluding hydrogens is 434 g/mol. The Kier molecular flexibility index (Phi) is 5.82. The van der Waals surface area contributed by atoms with E-state index >= 15 is 0 Å². The van der Waals surface area contributed by atoms with Crippen LogP contribution in [0.25, 0.3) is 22.6 Å². The second kappa shape index (κ2) is 8.71. The van der Waals surface area contributed by atoms with Crippen LogP contribution in [0.3, 0.4) is 0 Å². The number of aryl methyl sites for hydroxylation is 1. The molecule has 1 N–H and O–H groups in total. The molecule has 0 unspecified atom stereocenters. The maximum atomic E-state index is 12.8. The lowest BCUT2D eigenvalue weighted by atomic mass is 10.3. The van der Waals surface area contributed by atoms with Crippen molar-refractivity contribution in [1.82, 2.24) is 19.1 Å². The average Bonchev–Trinajstić information content (AvgIpc) is 3.35. The van der Waals surface area contributed by atoms with Crippen LogP contribution >= 0.6 is 11.8 Å². The van der Waals surface area contributed by atoms with Gasteiger partial charge in [-0.05, 0) is 36.4 Å². The largest absolute Gasteiger partial charge is 0.497 e. The van der Waals surface area contributed by atoms with Crippen molar-refractivity contribution in [2.75, 3.05) is 18.2 Å². The summed E-state index contributed by atoms with van der Waals surface area (Å²) in [4.78, 5) is 46.5. The Morgan fingerprint density at radius 2 is 1.88 bits per heavy atom. The Morgan fingerprint density at radius 1 is 1.12 bits per heavy atom. The third kappa shape index (κ3) is 4.02. The summed E-state index contributed by atoms with van der Waals surface area (Å²) in [6, 6.07) is 10.3. The predicted octanol–water partition coefficient (Wildman–Crippen LogP) is 2.03. The maximum Gasteiger partial charge on any atom is 0.332 e. The van der Waals surface area contributed by atoms with Crippen LogP contribution in [-0.2, 0) is 18.9 Å². The van der Waals surface area contributed by atoms with E-state index in [9.17, 15) is 14.4 Å². The molecule has 3 heterocycles. The van der Waals surface area contributed by atoms with Crippen LogP contribution in [0.15, 0.2) is 61.7 Å². The van der Waals surface area contributed by atoms with Gasteiger partial charge in [0, 0.05) is 19.8 Å². The number of hydrogen-bond donors (Lipinski definition) is 1. The van der Waals surface area contributed by atoms with E-state index in [4.69, 9.17) is 9.15 Å². The maximum absolute atomic E-state index is 12.8. The van der Waals surface area contributed by atoms with Gasteiger partial charge >= 0.3 is 5.69 Å². The van der Waals surface area contributed by atoms with Crippen LogP contribution in [0, 0.1) is 0 Å². The fraction of sp³-hybridized carbons (Fsp3) is 0.190. The average molecular weight is 453 g/mol. The van der Waals surface area contributed by atoms with E-state index in [0.717, 1.165) is 16.3 Å². The van der Waals surface area contributed by atoms with Crippen molar-refractivity contribution in [3.8, 4) is 17.3 Å². The number of nitrogens with one attached hydrogen (secondary N) is 1. The first-order valence-electron chi connectivity index (χ1n) is 9.47. The van der Waals surface area contributed by atoms with Gasteiger partial charge in [0.05, 0.1) is 19.1 Å². The lowest BCUT2D eigenvalue weighted by Gasteiger charge is -2.11. The molecule has 1 aromatic carbocycles. The van der Waals surface area contributed by atoms with E-state index in [1.165, 1.54) is 24.9 Å². The number of methoxy groups -OCH3 is 1. The topological polar surface area (TPSA) is 121 Å². The monoisotopic (exact) mass is 453 g/mol. The third-order valence-corrected chi connectivity index (χ3v) is 5.70. The number of nitrogens with zero attached hydrogens (tertiary/aromatic N) is 4. The number of anilines is 1. The van der Waals surface area contributed by atoms with Crippen LogP contribution in [0.1, 0.15) is 0 Å². The highest BCUT2D eigenvalue weighted by Crippen LogP contribution is 2.26. The smallest absolute Gasteiger partial charge is 0.332 e. The van der Waals surface area contributed by atoms with Crippen LogP contribution in [-0.4, -0.2) is 37.9 Å². The molecule has 0 radical (unpaired) electrons. The Labute approximate surface area is 185 Å². The molecule has 0 spiro atoms. The molecular formula is C21H19N5O5S. The molecule has 0 saturated heterocycles. The summed E-state index contributed by atoms with van der Waals surface area (Å²) in [7, 11) is 4.47. The van der Waals surface area contributed by atoms with Gasteiger partial charge in [-0.3, -0.25) is 18.7 Å². The highest BCUT2D eigenvalue weighted by atomic mass is 32.2. The molecule has 4 rings (SSSR count). The molecule has 0 aliphatic heterocycles. The van der Waals surface area contributed by atoms with Gasteiger partial charge in [-0.25, -0.2) is 14.8 Å². The van der Waals surface area contributed by atoms with Crippen molar-refractivity contribution in [2.24, 2.45) is 14.1 Å². The summed E-state index contributed by atoms with van der Waals surface area (Å²) in [5.41, 5.74) is -0.275. The van der Waals surface area contributed by atoms with E-state index in [2.05, 4.69) is 15.3 Å². The van der Waals surface area contributed by atoms with Gasteiger partial charge in [0.25, 0.3) is 5.56 Å². The molecule has 11 heteroatoms. The zero-order chi connectivity index (χ0) is 22.8. The lowest BCUT2D eigenvalue weighted by Crippen LogP contribution is -2.37. The molecule has 0 atom stereocenters. The standard InChI is InChI=1S/C21H19N5O5S/c1-25-18-16(20(28)26(2)21(25)29)19(24-17(23-18)14-5-4-10-31-14)32-11-15(27)22-12-6-8-13(30-3)9-7-12/h4-10H,11H2,1-3H3,(H,22,27). The number of amides is 1. The first-order chi connectivity index (χ1) is 15.4. The van der Waals surface area contributed by atoms with Gasteiger partial charge in [-0.1, -0.05) is 11.8 Å². The number of aromatic nitrogens is 4.